The molecule has 2 aromatic carbocycles. The van der Waals surface area contributed by atoms with Crippen LogP contribution < -0.4 is 15.4 Å². The van der Waals surface area contributed by atoms with Crippen LogP contribution in [0.3, 0.4) is 0 Å². The molecule has 1 aliphatic rings. The van der Waals surface area contributed by atoms with Gasteiger partial charge in [0.05, 0.1) is 12.3 Å². The van der Waals surface area contributed by atoms with Crippen LogP contribution in [0, 0.1) is 5.92 Å². The van der Waals surface area contributed by atoms with E-state index in [-0.39, 0.29) is 43.1 Å². The predicted molar refractivity (Wildman–Crippen MR) is 118 cm³/mol. The van der Waals surface area contributed by atoms with Crippen LogP contribution in [0.4, 0.5) is 0 Å². The van der Waals surface area contributed by atoms with Gasteiger partial charge in [-0.25, -0.2) is 0 Å². The van der Waals surface area contributed by atoms with Crippen LogP contribution in [0.15, 0.2) is 54.6 Å². The monoisotopic (exact) mass is 432 g/mol. The van der Waals surface area contributed by atoms with Crippen LogP contribution in [0.5, 0.6) is 5.75 Å². The zero-order valence-corrected chi connectivity index (χ0v) is 17.7. The number of carbonyl (C=O) groups is 2. The molecule has 3 N–H and O–H groups in total. The maximum atomic E-state index is 12.9. The molecule has 0 spiro atoms. The van der Waals surface area contributed by atoms with Crippen molar-refractivity contribution in [2.24, 2.45) is 5.92 Å². The second-order valence-corrected chi connectivity index (χ2v) is 7.34. The standard InChI is InChI=1S/C23H28N2O4.ClH/c26-21(27)12-15-25-23(28)22(19-10-13-24-14-11-19)18-6-8-20(9-7-18)29-16-17-4-2-1-3-5-17;/h1-9,19,22,24H,10-16H2,(H,25,28)(H,26,27);1H/t22-;/m1./s1. The third kappa shape index (κ3) is 7.04. The first kappa shape index (κ1) is 23.7. The molecule has 1 fully saturated rings. The number of carbonyl (C=O) groups excluding carboxylic acids is 1. The minimum absolute atomic E-state index is 0. The number of nitrogens with one attached hydrogen (secondary N) is 2. The van der Waals surface area contributed by atoms with Crippen molar-refractivity contribution in [3.05, 3.63) is 65.7 Å². The van der Waals surface area contributed by atoms with Gasteiger partial charge in [-0.15, -0.1) is 12.4 Å². The number of halogens is 1. The molecule has 1 aliphatic heterocycles. The molecule has 1 amide bonds. The fraction of sp³-hybridized carbons (Fsp3) is 0.391. The first-order valence-electron chi connectivity index (χ1n) is 10.1. The smallest absolute Gasteiger partial charge is 0.305 e. The van der Waals surface area contributed by atoms with Gasteiger partial charge in [-0.3, -0.25) is 9.59 Å². The summed E-state index contributed by atoms with van der Waals surface area (Å²) in [4.78, 5) is 23.6. The first-order chi connectivity index (χ1) is 14.1. The van der Waals surface area contributed by atoms with Crippen LogP contribution in [0.2, 0.25) is 0 Å². The zero-order chi connectivity index (χ0) is 20.5. The molecule has 1 atom stereocenters. The van der Waals surface area contributed by atoms with Gasteiger partial charge in [0, 0.05) is 6.54 Å². The Morgan fingerprint density at radius 2 is 1.73 bits per heavy atom. The van der Waals surface area contributed by atoms with Gasteiger partial charge in [-0.05, 0) is 55.1 Å². The third-order valence-corrected chi connectivity index (χ3v) is 5.26. The van der Waals surface area contributed by atoms with E-state index in [0.717, 1.165) is 42.8 Å². The number of hydrogen-bond acceptors (Lipinski definition) is 4. The lowest BCUT2D eigenvalue weighted by molar-refractivity contribution is -0.137. The second kappa shape index (κ2) is 12.2. The Bertz CT molecular complexity index is 793. The molecule has 0 saturated carbocycles. The van der Waals surface area contributed by atoms with E-state index in [0.29, 0.717) is 6.61 Å². The topological polar surface area (TPSA) is 87.7 Å². The van der Waals surface area contributed by atoms with Gasteiger partial charge in [0.15, 0.2) is 0 Å². The average molecular weight is 433 g/mol. The number of rotatable bonds is 9. The Hall–Kier alpha value is -2.57. The summed E-state index contributed by atoms with van der Waals surface area (Å²) < 4.78 is 5.85. The number of benzene rings is 2. The van der Waals surface area contributed by atoms with Crippen molar-refractivity contribution in [1.82, 2.24) is 10.6 Å². The fourth-order valence-corrected chi connectivity index (χ4v) is 3.73. The quantitative estimate of drug-likeness (QED) is 0.565. The number of amides is 1. The van der Waals surface area contributed by atoms with Crippen molar-refractivity contribution in [3.63, 3.8) is 0 Å². The number of carboxylic acid groups (broad SMARTS) is 1. The zero-order valence-electron chi connectivity index (χ0n) is 16.9. The number of hydrogen-bond donors (Lipinski definition) is 3. The van der Waals surface area contributed by atoms with Crippen LogP contribution >= 0.6 is 12.4 Å². The summed E-state index contributed by atoms with van der Waals surface area (Å²) >= 11 is 0. The van der Waals surface area contributed by atoms with E-state index in [1.165, 1.54) is 0 Å². The van der Waals surface area contributed by atoms with E-state index >= 15 is 0 Å². The Labute approximate surface area is 183 Å². The highest BCUT2D eigenvalue weighted by molar-refractivity contribution is 5.85. The summed E-state index contributed by atoms with van der Waals surface area (Å²) in [5.41, 5.74) is 2.04. The number of piperidine rings is 1. The number of carboxylic acids is 1. The third-order valence-electron chi connectivity index (χ3n) is 5.26. The highest BCUT2D eigenvalue weighted by Gasteiger charge is 2.30. The molecule has 162 valence electrons. The van der Waals surface area contributed by atoms with Crippen LogP contribution in [-0.2, 0) is 16.2 Å². The van der Waals surface area contributed by atoms with Crippen molar-refractivity contribution >= 4 is 24.3 Å². The molecule has 0 bridgehead atoms. The van der Waals surface area contributed by atoms with Gasteiger partial charge in [-0.2, -0.15) is 0 Å². The molecule has 2 aromatic rings. The van der Waals surface area contributed by atoms with E-state index in [2.05, 4.69) is 10.6 Å². The summed E-state index contributed by atoms with van der Waals surface area (Å²) in [6, 6.07) is 17.7. The fourth-order valence-electron chi connectivity index (χ4n) is 3.73. The largest absolute Gasteiger partial charge is 0.489 e. The minimum atomic E-state index is -0.913. The molecule has 0 unspecified atom stereocenters. The lowest BCUT2D eigenvalue weighted by Crippen LogP contribution is -2.39. The van der Waals surface area contributed by atoms with E-state index in [1.54, 1.807) is 0 Å². The molecule has 3 rings (SSSR count). The summed E-state index contributed by atoms with van der Waals surface area (Å²) in [6.07, 6.45) is 1.77. The normalized spacial score (nSPS) is 14.9. The lowest BCUT2D eigenvalue weighted by Gasteiger charge is -2.30. The average Bonchev–Trinajstić information content (AvgIpc) is 2.75. The summed E-state index contributed by atoms with van der Waals surface area (Å²) in [5, 5.41) is 15.0. The van der Waals surface area contributed by atoms with Crippen molar-refractivity contribution in [3.8, 4) is 5.75 Å². The van der Waals surface area contributed by atoms with Crippen molar-refractivity contribution in [2.45, 2.75) is 31.8 Å². The molecule has 30 heavy (non-hydrogen) atoms. The summed E-state index contributed by atoms with van der Waals surface area (Å²) in [5.74, 6) is -0.307. The molecule has 0 aromatic heterocycles. The van der Waals surface area contributed by atoms with Gasteiger partial charge in [-0.1, -0.05) is 42.5 Å². The van der Waals surface area contributed by atoms with Gasteiger partial charge in [0.1, 0.15) is 12.4 Å². The number of aliphatic carboxylic acids is 1. The maximum Gasteiger partial charge on any atom is 0.305 e. The Balaban J connectivity index is 0.00000320. The van der Waals surface area contributed by atoms with Crippen molar-refractivity contribution in [2.75, 3.05) is 19.6 Å². The van der Waals surface area contributed by atoms with Gasteiger partial charge in [0.2, 0.25) is 5.91 Å². The summed E-state index contributed by atoms with van der Waals surface area (Å²) in [6.45, 7) is 2.42. The molecular weight excluding hydrogens is 404 g/mol. The Morgan fingerprint density at radius 1 is 1.07 bits per heavy atom. The van der Waals surface area contributed by atoms with Crippen molar-refractivity contribution in [1.29, 1.82) is 0 Å². The molecule has 1 heterocycles. The van der Waals surface area contributed by atoms with Crippen LogP contribution in [0.25, 0.3) is 0 Å². The highest BCUT2D eigenvalue weighted by Crippen LogP contribution is 2.32. The molecular formula is C23H29ClN2O4. The molecule has 6 nitrogen and oxygen atoms in total. The molecule has 1 saturated heterocycles. The lowest BCUT2D eigenvalue weighted by atomic mass is 9.80. The SMILES string of the molecule is Cl.O=C(O)CCNC(=O)[C@H](c1ccc(OCc2ccccc2)cc1)C1CCNCC1. The number of ether oxygens (including phenoxy) is 1. The van der Waals surface area contributed by atoms with Gasteiger partial charge >= 0.3 is 5.97 Å². The van der Waals surface area contributed by atoms with E-state index in [9.17, 15) is 9.59 Å². The molecule has 0 aliphatic carbocycles. The van der Waals surface area contributed by atoms with Crippen LogP contribution in [0.1, 0.15) is 36.3 Å². The molecule has 7 heteroatoms. The molecule has 0 radical (unpaired) electrons. The Kier molecular flexibility index (Phi) is 9.64. The highest BCUT2D eigenvalue weighted by atomic mass is 35.5. The van der Waals surface area contributed by atoms with Crippen LogP contribution in [-0.4, -0.2) is 36.6 Å². The summed E-state index contributed by atoms with van der Waals surface area (Å²) in [7, 11) is 0. The predicted octanol–water partition coefficient (Wildman–Crippen LogP) is 3.36. The second-order valence-electron chi connectivity index (χ2n) is 7.34. The maximum absolute atomic E-state index is 12.9. The van der Waals surface area contributed by atoms with Crippen molar-refractivity contribution < 1.29 is 19.4 Å². The first-order valence-corrected chi connectivity index (χ1v) is 10.1. The van der Waals surface area contributed by atoms with E-state index in [4.69, 9.17) is 9.84 Å². The van der Waals surface area contributed by atoms with E-state index in [1.807, 2.05) is 54.6 Å². The Morgan fingerprint density at radius 3 is 2.37 bits per heavy atom. The van der Waals surface area contributed by atoms with E-state index < -0.39 is 5.97 Å². The van der Waals surface area contributed by atoms with Gasteiger partial charge < -0.3 is 20.5 Å². The van der Waals surface area contributed by atoms with Gasteiger partial charge in [0.25, 0.3) is 0 Å². The minimum Gasteiger partial charge on any atom is -0.489 e.